The summed E-state index contributed by atoms with van der Waals surface area (Å²) in [5.41, 5.74) is 7.59. The van der Waals surface area contributed by atoms with E-state index in [1.807, 2.05) is 6.92 Å². The second kappa shape index (κ2) is 5.13. The van der Waals surface area contributed by atoms with E-state index in [2.05, 4.69) is 27.7 Å². The number of ether oxygens (including phenoxy) is 1. The van der Waals surface area contributed by atoms with Gasteiger partial charge in [-0.15, -0.1) is 0 Å². The van der Waals surface area contributed by atoms with E-state index in [-0.39, 0.29) is 11.6 Å². The Morgan fingerprint density at radius 1 is 1.50 bits per heavy atom. The van der Waals surface area contributed by atoms with Gasteiger partial charge in [-0.1, -0.05) is 6.07 Å². The maximum absolute atomic E-state index is 13.6. The van der Waals surface area contributed by atoms with Gasteiger partial charge in [0.05, 0.1) is 22.9 Å². The lowest BCUT2D eigenvalue weighted by Gasteiger charge is -2.07. The van der Waals surface area contributed by atoms with Crippen molar-refractivity contribution in [1.29, 1.82) is 0 Å². The van der Waals surface area contributed by atoms with E-state index in [0.717, 1.165) is 14.8 Å². The van der Waals surface area contributed by atoms with Gasteiger partial charge in [-0.3, -0.25) is 0 Å². The number of anilines is 1. The summed E-state index contributed by atoms with van der Waals surface area (Å²) < 4.78 is 21.0. The van der Waals surface area contributed by atoms with Gasteiger partial charge in [0.1, 0.15) is 5.82 Å². The molecular formula is C12H13FIN3O. The first-order chi connectivity index (χ1) is 8.52. The average Bonchev–Trinajstić information content (AvgIpc) is 2.57. The molecule has 0 unspecified atom stereocenters. The van der Waals surface area contributed by atoms with E-state index >= 15 is 0 Å². The molecule has 2 N–H and O–H groups in total. The molecule has 0 bridgehead atoms. The van der Waals surface area contributed by atoms with E-state index < -0.39 is 0 Å². The van der Waals surface area contributed by atoms with Crippen LogP contribution in [0.5, 0.6) is 5.75 Å². The van der Waals surface area contributed by atoms with Gasteiger partial charge in [-0.05, 0) is 47.2 Å². The number of aromatic nitrogens is 2. The number of nitrogens with two attached hydrogens (primary N) is 1. The highest BCUT2D eigenvalue weighted by atomic mass is 127. The van der Waals surface area contributed by atoms with Gasteiger partial charge < -0.3 is 10.5 Å². The quantitative estimate of drug-likeness (QED) is 0.856. The summed E-state index contributed by atoms with van der Waals surface area (Å²) in [5.74, 6) is 0.453. The number of methoxy groups -OCH3 is 1. The highest BCUT2D eigenvalue weighted by molar-refractivity contribution is 14.1. The summed E-state index contributed by atoms with van der Waals surface area (Å²) in [6, 6.07) is 4.83. The molecule has 1 heterocycles. The number of halogens is 2. The molecule has 0 aliphatic rings. The van der Waals surface area contributed by atoms with E-state index in [1.165, 1.54) is 13.2 Å². The van der Waals surface area contributed by atoms with Crippen LogP contribution in [-0.2, 0) is 6.54 Å². The summed E-state index contributed by atoms with van der Waals surface area (Å²) in [6.07, 6.45) is 0. The Morgan fingerprint density at radius 2 is 2.22 bits per heavy atom. The predicted octanol–water partition coefficient (Wildman–Crippen LogP) is 2.57. The number of rotatable bonds is 3. The second-order valence-corrected chi connectivity index (χ2v) is 4.99. The number of hydrogen-bond donors (Lipinski definition) is 1. The lowest BCUT2D eigenvalue weighted by molar-refractivity contribution is 0.386. The Hall–Kier alpha value is -1.31. The number of nitrogen functional groups attached to an aromatic ring is 1. The Balaban J connectivity index is 2.28. The number of hydrogen-bond acceptors (Lipinski definition) is 3. The molecule has 0 aliphatic carbocycles. The zero-order chi connectivity index (χ0) is 13.3. The fourth-order valence-corrected chi connectivity index (χ4v) is 2.07. The van der Waals surface area contributed by atoms with Crippen LogP contribution in [0.3, 0.4) is 0 Å². The Bertz CT molecular complexity index is 583. The van der Waals surface area contributed by atoms with E-state index in [4.69, 9.17) is 10.5 Å². The highest BCUT2D eigenvalue weighted by Gasteiger charge is 2.11. The molecule has 0 aliphatic heterocycles. The molecule has 1 aromatic heterocycles. The van der Waals surface area contributed by atoms with Crippen LogP contribution in [0.4, 0.5) is 10.2 Å². The lowest BCUT2D eigenvalue weighted by Crippen LogP contribution is -2.06. The fraction of sp³-hybridized carbons (Fsp3) is 0.250. The van der Waals surface area contributed by atoms with Crippen molar-refractivity contribution in [2.75, 3.05) is 12.8 Å². The van der Waals surface area contributed by atoms with Crippen LogP contribution in [-0.4, -0.2) is 16.9 Å². The van der Waals surface area contributed by atoms with Crippen molar-refractivity contribution in [1.82, 2.24) is 9.78 Å². The zero-order valence-electron chi connectivity index (χ0n) is 10.1. The van der Waals surface area contributed by atoms with Gasteiger partial charge in [-0.25, -0.2) is 9.07 Å². The molecule has 0 saturated carbocycles. The van der Waals surface area contributed by atoms with E-state index in [9.17, 15) is 4.39 Å². The monoisotopic (exact) mass is 361 g/mol. The van der Waals surface area contributed by atoms with Gasteiger partial charge in [0.2, 0.25) is 0 Å². The third kappa shape index (κ3) is 2.43. The molecule has 0 fully saturated rings. The summed E-state index contributed by atoms with van der Waals surface area (Å²) in [6.45, 7) is 2.33. The van der Waals surface area contributed by atoms with Crippen LogP contribution >= 0.6 is 22.6 Å². The van der Waals surface area contributed by atoms with Crippen LogP contribution in [0.2, 0.25) is 0 Å². The zero-order valence-corrected chi connectivity index (χ0v) is 12.2. The molecule has 0 amide bonds. The molecule has 0 spiro atoms. The van der Waals surface area contributed by atoms with Crippen LogP contribution in [0.15, 0.2) is 18.2 Å². The van der Waals surface area contributed by atoms with E-state index in [0.29, 0.717) is 12.4 Å². The summed E-state index contributed by atoms with van der Waals surface area (Å²) in [7, 11) is 1.44. The number of benzene rings is 1. The van der Waals surface area contributed by atoms with Gasteiger partial charge in [0, 0.05) is 0 Å². The molecule has 96 valence electrons. The van der Waals surface area contributed by atoms with Crippen LogP contribution < -0.4 is 10.5 Å². The molecule has 2 aromatic rings. The minimum Gasteiger partial charge on any atom is -0.494 e. The smallest absolute Gasteiger partial charge is 0.165 e. The third-order valence-electron chi connectivity index (χ3n) is 2.64. The standard InChI is InChI=1S/C12H13FIN3O/c1-7-11(14)12(15)17(16-7)6-8-3-4-10(18-2)9(13)5-8/h3-5H,6,15H2,1-2H3. The summed E-state index contributed by atoms with van der Waals surface area (Å²) in [4.78, 5) is 0. The minimum atomic E-state index is -0.382. The Labute approximate surface area is 118 Å². The van der Waals surface area contributed by atoms with E-state index in [1.54, 1.807) is 16.8 Å². The largest absolute Gasteiger partial charge is 0.494 e. The first-order valence-corrected chi connectivity index (χ1v) is 6.41. The predicted molar refractivity (Wildman–Crippen MR) is 76.1 cm³/mol. The molecule has 4 nitrogen and oxygen atoms in total. The number of aryl methyl sites for hydroxylation is 1. The topological polar surface area (TPSA) is 53.1 Å². The van der Waals surface area contributed by atoms with Crippen molar-refractivity contribution in [3.63, 3.8) is 0 Å². The van der Waals surface area contributed by atoms with Crippen molar-refractivity contribution >= 4 is 28.4 Å². The lowest BCUT2D eigenvalue weighted by atomic mass is 10.2. The van der Waals surface area contributed by atoms with Gasteiger partial charge >= 0.3 is 0 Å². The van der Waals surface area contributed by atoms with Crippen LogP contribution in [0.25, 0.3) is 0 Å². The fourth-order valence-electron chi connectivity index (χ4n) is 1.68. The van der Waals surface area contributed by atoms with Gasteiger partial charge in [0.25, 0.3) is 0 Å². The second-order valence-electron chi connectivity index (χ2n) is 3.91. The minimum absolute atomic E-state index is 0.234. The van der Waals surface area contributed by atoms with Gasteiger partial charge in [-0.2, -0.15) is 5.10 Å². The average molecular weight is 361 g/mol. The summed E-state index contributed by atoms with van der Waals surface area (Å²) >= 11 is 2.15. The van der Waals surface area contributed by atoms with Crippen molar-refractivity contribution in [2.24, 2.45) is 0 Å². The van der Waals surface area contributed by atoms with Gasteiger partial charge in [0.15, 0.2) is 11.6 Å². The van der Waals surface area contributed by atoms with Crippen molar-refractivity contribution in [2.45, 2.75) is 13.5 Å². The molecule has 0 radical (unpaired) electrons. The maximum Gasteiger partial charge on any atom is 0.165 e. The normalized spacial score (nSPS) is 10.7. The molecule has 1 aromatic carbocycles. The highest BCUT2D eigenvalue weighted by Crippen LogP contribution is 2.22. The van der Waals surface area contributed by atoms with Crippen molar-refractivity contribution < 1.29 is 9.13 Å². The molecular weight excluding hydrogens is 348 g/mol. The number of nitrogens with zero attached hydrogens (tertiary/aromatic N) is 2. The SMILES string of the molecule is COc1ccc(Cn2nc(C)c(I)c2N)cc1F. The van der Waals surface area contributed by atoms with Crippen molar-refractivity contribution in [3.05, 3.63) is 38.8 Å². The van der Waals surface area contributed by atoms with Crippen LogP contribution in [0, 0.1) is 16.3 Å². The first kappa shape index (κ1) is 13.1. The molecule has 18 heavy (non-hydrogen) atoms. The van der Waals surface area contributed by atoms with Crippen LogP contribution in [0.1, 0.15) is 11.3 Å². The first-order valence-electron chi connectivity index (χ1n) is 5.33. The third-order valence-corrected chi connectivity index (χ3v) is 3.97. The molecule has 0 saturated heterocycles. The summed E-state index contributed by atoms with van der Waals surface area (Å²) in [5, 5.41) is 4.31. The van der Waals surface area contributed by atoms with Crippen molar-refractivity contribution in [3.8, 4) is 5.75 Å². The molecule has 0 atom stereocenters. The maximum atomic E-state index is 13.6. The Kier molecular flexibility index (Phi) is 3.74. The Morgan fingerprint density at radius 3 is 2.72 bits per heavy atom. The molecule has 2 rings (SSSR count). The molecule has 6 heteroatoms.